The summed E-state index contributed by atoms with van der Waals surface area (Å²) in [6.45, 7) is 24.9. The van der Waals surface area contributed by atoms with E-state index >= 15 is 0 Å². The fourth-order valence-electron chi connectivity index (χ4n) is 3.40. The number of allylic oxidation sites excluding steroid dienone is 9. The largest absolute Gasteiger partial charge is 0.261 e. The molecule has 3 heteroatoms. The molecule has 0 aromatic carbocycles. The molecular formula is C29H47FNP. The van der Waals surface area contributed by atoms with Gasteiger partial charge in [-0.2, -0.15) is 0 Å². The van der Waals surface area contributed by atoms with Gasteiger partial charge in [0.15, 0.2) is 0 Å². The Kier molecular flexibility index (Phi) is 14.6. The van der Waals surface area contributed by atoms with Gasteiger partial charge in [0.05, 0.1) is 0 Å². The van der Waals surface area contributed by atoms with Gasteiger partial charge in [-0.1, -0.05) is 79.0 Å². The Hall–Kier alpha value is -1.53. The number of hydrogen-bond donors (Lipinski definition) is 0. The Morgan fingerprint density at radius 3 is 2.22 bits per heavy atom. The number of aliphatic imine (C=N–C) groups is 1. The first kappa shape index (κ1) is 30.5. The molecule has 0 bridgehead atoms. The highest BCUT2D eigenvalue weighted by Gasteiger charge is 2.23. The third-order valence-electron chi connectivity index (χ3n) is 6.43. The van der Waals surface area contributed by atoms with Crippen LogP contribution in [0.3, 0.4) is 0 Å². The second-order valence-electron chi connectivity index (χ2n) is 9.08. The smallest absolute Gasteiger partial charge is 0.104 e. The molecule has 0 aliphatic rings. The third-order valence-corrected chi connectivity index (χ3v) is 7.33. The molecule has 0 rings (SSSR count). The van der Waals surface area contributed by atoms with Crippen molar-refractivity contribution >= 4 is 15.0 Å². The van der Waals surface area contributed by atoms with Crippen LogP contribution in [0.25, 0.3) is 0 Å². The van der Waals surface area contributed by atoms with Crippen LogP contribution in [0.2, 0.25) is 0 Å². The van der Waals surface area contributed by atoms with Crippen molar-refractivity contribution in [3.63, 3.8) is 0 Å². The Labute approximate surface area is 200 Å². The van der Waals surface area contributed by atoms with Gasteiger partial charge in [-0.05, 0) is 79.0 Å². The zero-order chi connectivity index (χ0) is 24.9. The molecule has 0 N–H and O–H groups in total. The van der Waals surface area contributed by atoms with Crippen LogP contribution < -0.4 is 0 Å². The number of hydrogen-bond acceptors (Lipinski definition) is 1. The average Bonchev–Trinajstić information content (AvgIpc) is 2.76. The molecule has 0 aromatic rings. The van der Waals surface area contributed by atoms with Gasteiger partial charge < -0.3 is 0 Å². The maximum absolute atomic E-state index is 13.9. The van der Waals surface area contributed by atoms with Crippen LogP contribution in [0.1, 0.15) is 74.7 Å². The van der Waals surface area contributed by atoms with E-state index in [1.807, 2.05) is 38.3 Å². The van der Waals surface area contributed by atoms with Crippen LogP contribution in [-0.4, -0.2) is 18.0 Å². The minimum atomic E-state index is -0.852. The summed E-state index contributed by atoms with van der Waals surface area (Å²) in [4.78, 5) is 4.73. The topological polar surface area (TPSA) is 12.4 Å². The minimum absolute atomic E-state index is 0.0651. The predicted molar refractivity (Wildman–Crippen MR) is 148 cm³/mol. The maximum Gasteiger partial charge on any atom is 0.104 e. The molecule has 0 saturated carbocycles. The molecule has 0 radical (unpaired) electrons. The summed E-state index contributed by atoms with van der Waals surface area (Å²) in [6, 6.07) is 0. The first-order chi connectivity index (χ1) is 15.0. The Bertz CT molecular complexity index is 758. The molecule has 180 valence electrons. The lowest BCUT2D eigenvalue weighted by atomic mass is 9.80. The third kappa shape index (κ3) is 9.53. The van der Waals surface area contributed by atoms with Gasteiger partial charge in [0, 0.05) is 17.8 Å². The summed E-state index contributed by atoms with van der Waals surface area (Å²) in [6.07, 6.45) is 14.8. The van der Waals surface area contributed by atoms with Gasteiger partial charge in [0.1, 0.15) is 6.17 Å². The number of alkyl halides is 1. The second-order valence-corrected chi connectivity index (χ2v) is 9.49. The summed E-state index contributed by atoms with van der Waals surface area (Å²) in [5.41, 5.74) is 5.54. The van der Waals surface area contributed by atoms with Crippen LogP contribution in [0, 0.1) is 17.3 Å². The summed E-state index contributed by atoms with van der Waals surface area (Å²) in [7, 11) is 2.86. The van der Waals surface area contributed by atoms with Gasteiger partial charge in [0.2, 0.25) is 0 Å². The zero-order valence-corrected chi connectivity index (χ0v) is 23.0. The van der Waals surface area contributed by atoms with E-state index < -0.39 is 6.17 Å². The summed E-state index contributed by atoms with van der Waals surface area (Å²) < 4.78 is 13.9. The standard InChI is InChI=1S/C29H47FNP/c1-11-15-28(26(13-3)18-22(7)29(10,14-4)20-32)24(9)31-17-16-27(21(5)6)19-25(12-2)23(8)30/h11,15-19,21,23,25H,1,7,12-14,20,32H2,2-6,8-10H3/b17-16+,26-18+,27-19-,28-15+,31-24-. The van der Waals surface area contributed by atoms with Crippen molar-refractivity contribution in [2.75, 3.05) is 6.16 Å². The van der Waals surface area contributed by atoms with E-state index in [9.17, 15) is 4.39 Å². The van der Waals surface area contributed by atoms with Crippen molar-refractivity contribution in [1.29, 1.82) is 0 Å². The van der Waals surface area contributed by atoms with Crippen molar-refractivity contribution in [1.82, 2.24) is 0 Å². The highest BCUT2D eigenvalue weighted by atomic mass is 31.0. The highest BCUT2D eigenvalue weighted by Crippen LogP contribution is 2.34. The molecular weight excluding hydrogens is 412 g/mol. The second kappa shape index (κ2) is 15.3. The van der Waals surface area contributed by atoms with Crippen LogP contribution in [0.5, 0.6) is 0 Å². The van der Waals surface area contributed by atoms with E-state index in [1.54, 1.807) is 6.92 Å². The SMILES string of the molecule is C=C/C=C(C(\C)=N/C=C/C(=C/C(CC)C(C)F)C(C)C)/C(=C/C(=C)C(C)(CC)CP)CC. The van der Waals surface area contributed by atoms with Gasteiger partial charge in [-0.25, -0.2) is 4.39 Å². The molecule has 0 amide bonds. The van der Waals surface area contributed by atoms with Crippen molar-refractivity contribution in [2.45, 2.75) is 80.8 Å². The molecule has 0 aromatic heterocycles. The van der Waals surface area contributed by atoms with Gasteiger partial charge >= 0.3 is 0 Å². The lowest BCUT2D eigenvalue weighted by Crippen LogP contribution is -2.19. The summed E-state index contributed by atoms with van der Waals surface area (Å²) >= 11 is 0. The average molecular weight is 460 g/mol. The first-order valence-corrected chi connectivity index (χ1v) is 12.8. The first-order valence-electron chi connectivity index (χ1n) is 12.0. The summed E-state index contributed by atoms with van der Waals surface area (Å²) in [5, 5.41) is 0. The van der Waals surface area contributed by atoms with Crippen LogP contribution in [0.4, 0.5) is 4.39 Å². The molecule has 0 spiro atoms. The van der Waals surface area contributed by atoms with E-state index in [2.05, 4.69) is 69.2 Å². The predicted octanol–water partition coefficient (Wildman–Crippen LogP) is 9.22. The van der Waals surface area contributed by atoms with Gasteiger partial charge in [-0.3, -0.25) is 4.99 Å². The van der Waals surface area contributed by atoms with E-state index in [-0.39, 0.29) is 11.3 Å². The van der Waals surface area contributed by atoms with Crippen molar-refractivity contribution in [2.24, 2.45) is 22.2 Å². The van der Waals surface area contributed by atoms with Crippen molar-refractivity contribution < 1.29 is 4.39 Å². The van der Waals surface area contributed by atoms with E-state index in [1.165, 1.54) is 5.57 Å². The lowest BCUT2D eigenvalue weighted by molar-refractivity contribution is 0.280. The number of nitrogens with zero attached hydrogens (tertiary/aromatic N) is 1. The Morgan fingerprint density at radius 1 is 1.19 bits per heavy atom. The Balaban J connectivity index is 6.05. The van der Waals surface area contributed by atoms with Crippen LogP contribution in [0.15, 0.2) is 77.0 Å². The van der Waals surface area contributed by atoms with Crippen LogP contribution in [-0.2, 0) is 0 Å². The van der Waals surface area contributed by atoms with Gasteiger partial charge in [-0.15, -0.1) is 9.24 Å². The molecule has 4 atom stereocenters. The number of rotatable bonds is 14. The van der Waals surface area contributed by atoms with E-state index in [4.69, 9.17) is 4.99 Å². The van der Waals surface area contributed by atoms with Gasteiger partial charge in [0.25, 0.3) is 0 Å². The van der Waals surface area contributed by atoms with Crippen molar-refractivity contribution in [3.8, 4) is 0 Å². The van der Waals surface area contributed by atoms with E-state index in [0.29, 0.717) is 5.92 Å². The van der Waals surface area contributed by atoms with E-state index in [0.717, 1.165) is 47.9 Å². The normalized spacial score (nSPS) is 18.1. The summed E-state index contributed by atoms with van der Waals surface area (Å²) in [5.74, 6) is 0.245. The molecule has 0 saturated heterocycles. The molecule has 0 fully saturated rings. The molecule has 0 heterocycles. The molecule has 32 heavy (non-hydrogen) atoms. The lowest BCUT2D eigenvalue weighted by Gasteiger charge is -2.28. The monoisotopic (exact) mass is 459 g/mol. The van der Waals surface area contributed by atoms with Crippen LogP contribution >= 0.6 is 9.24 Å². The number of halogens is 1. The Morgan fingerprint density at radius 2 is 1.81 bits per heavy atom. The fraction of sp³-hybridized carbons (Fsp3) is 0.552. The maximum atomic E-state index is 13.9. The molecule has 0 aliphatic heterocycles. The minimum Gasteiger partial charge on any atom is -0.261 e. The highest BCUT2D eigenvalue weighted by molar-refractivity contribution is 7.16. The molecule has 4 unspecified atom stereocenters. The van der Waals surface area contributed by atoms with Crippen molar-refractivity contribution in [3.05, 3.63) is 72.0 Å². The fourth-order valence-corrected chi connectivity index (χ4v) is 3.95. The zero-order valence-electron chi connectivity index (χ0n) is 21.8. The molecule has 0 aliphatic carbocycles. The molecule has 1 nitrogen and oxygen atoms in total. The quantitative estimate of drug-likeness (QED) is 0.139.